The van der Waals surface area contributed by atoms with Crippen molar-refractivity contribution in [3.05, 3.63) is 6.33 Å². The maximum absolute atomic E-state index is 11.9. The predicted octanol–water partition coefficient (Wildman–Crippen LogP) is 3.01. The van der Waals surface area contributed by atoms with Gasteiger partial charge in [0.2, 0.25) is 5.91 Å². The molecule has 2 rings (SSSR count). The largest absolute Gasteiger partial charge is 0.353 e. The fourth-order valence-electron chi connectivity index (χ4n) is 2.97. The van der Waals surface area contributed by atoms with Gasteiger partial charge in [0.15, 0.2) is 5.16 Å². The van der Waals surface area contributed by atoms with E-state index in [2.05, 4.69) is 41.3 Å². The highest BCUT2D eigenvalue weighted by Crippen LogP contribution is 2.40. The van der Waals surface area contributed by atoms with Crippen molar-refractivity contribution in [3.8, 4) is 0 Å². The second-order valence-electron chi connectivity index (χ2n) is 6.54. The number of thioether (sulfide) groups is 1. The zero-order chi connectivity index (χ0) is 15.3. The number of amides is 1. The maximum atomic E-state index is 11.9. The van der Waals surface area contributed by atoms with Crippen molar-refractivity contribution in [2.45, 2.75) is 64.1 Å². The number of H-pyrrole nitrogens is 1. The third kappa shape index (κ3) is 4.73. The van der Waals surface area contributed by atoms with E-state index < -0.39 is 0 Å². The van der Waals surface area contributed by atoms with E-state index in [-0.39, 0.29) is 5.91 Å². The van der Waals surface area contributed by atoms with Gasteiger partial charge in [0.05, 0.1) is 5.75 Å². The van der Waals surface area contributed by atoms with Crippen molar-refractivity contribution in [2.24, 2.45) is 11.3 Å². The molecule has 0 saturated heterocycles. The number of aromatic amines is 1. The molecule has 1 aliphatic carbocycles. The molecule has 0 unspecified atom stereocenters. The van der Waals surface area contributed by atoms with Crippen LogP contribution in [0.15, 0.2) is 11.5 Å². The summed E-state index contributed by atoms with van der Waals surface area (Å²) in [6.45, 7) is 7.00. The highest BCUT2D eigenvalue weighted by molar-refractivity contribution is 7.99. The van der Waals surface area contributed by atoms with Crippen LogP contribution >= 0.6 is 11.8 Å². The van der Waals surface area contributed by atoms with E-state index >= 15 is 0 Å². The summed E-state index contributed by atoms with van der Waals surface area (Å²) in [6.07, 6.45) is 7.33. The number of nitrogens with one attached hydrogen (secondary N) is 2. The minimum Gasteiger partial charge on any atom is -0.353 e. The van der Waals surface area contributed by atoms with Gasteiger partial charge in [-0.05, 0) is 37.0 Å². The van der Waals surface area contributed by atoms with Crippen LogP contribution in [-0.4, -0.2) is 32.9 Å². The minimum absolute atomic E-state index is 0.0922. The van der Waals surface area contributed by atoms with E-state index in [0.29, 0.717) is 22.4 Å². The van der Waals surface area contributed by atoms with Crippen LogP contribution in [0.5, 0.6) is 0 Å². The zero-order valence-electron chi connectivity index (χ0n) is 13.2. The van der Waals surface area contributed by atoms with Gasteiger partial charge in [-0.25, -0.2) is 4.98 Å². The number of rotatable bonds is 6. The zero-order valence-corrected chi connectivity index (χ0v) is 14.0. The van der Waals surface area contributed by atoms with Crippen molar-refractivity contribution >= 4 is 17.7 Å². The molecule has 1 heterocycles. The molecule has 1 fully saturated rings. The Hall–Kier alpha value is -1.04. The predicted molar refractivity (Wildman–Crippen MR) is 85.1 cm³/mol. The maximum Gasteiger partial charge on any atom is 0.230 e. The molecule has 1 aromatic heterocycles. The van der Waals surface area contributed by atoms with Gasteiger partial charge in [0, 0.05) is 6.04 Å². The van der Waals surface area contributed by atoms with E-state index in [1.165, 1.54) is 37.4 Å². The van der Waals surface area contributed by atoms with Crippen LogP contribution in [0.4, 0.5) is 0 Å². The summed E-state index contributed by atoms with van der Waals surface area (Å²) in [6, 6.07) is 0.344. The van der Waals surface area contributed by atoms with Gasteiger partial charge >= 0.3 is 0 Å². The van der Waals surface area contributed by atoms with Crippen LogP contribution in [0.25, 0.3) is 0 Å². The Balaban J connectivity index is 1.69. The topological polar surface area (TPSA) is 70.7 Å². The van der Waals surface area contributed by atoms with Gasteiger partial charge in [-0.15, -0.1) is 0 Å². The number of nitrogens with zero attached hydrogens (tertiary/aromatic N) is 2. The number of hydrogen-bond donors (Lipinski definition) is 2. The molecule has 6 heteroatoms. The molecule has 0 aromatic carbocycles. The first kappa shape index (κ1) is 16.3. The summed E-state index contributed by atoms with van der Waals surface area (Å²) in [5.74, 6) is 1.28. The monoisotopic (exact) mass is 310 g/mol. The van der Waals surface area contributed by atoms with Crippen LogP contribution in [0.2, 0.25) is 0 Å². The molecule has 0 radical (unpaired) electrons. The third-order valence-electron chi connectivity index (χ3n) is 4.84. The molecule has 0 aliphatic heterocycles. The lowest BCUT2D eigenvalue weighted by molar-refractivity contribution is -0.119. The quantitative estimate of drug-likeness (QED) is 0.792. The molecule has 1 amide bonds. The number of aromatic nitrogens is 3. The lowest BCUT2D eigenvalue weighted by Crippen LogP contribution is -2.40. The summed E-state index contributed by atoms with van der Waals surface area (Å²) in [5.41, 5.74) is 0.428. The molecule has 118 valence electrons. The molecule has 1 aliphatic rings. The normalized spacial score (nSPS) is 23.0. The van der Waals surface area contributed by atoms with Gasteiger partial charge < -0.3 is 5.32 Å². The molecule has 5 nitrogen and oxygen atoms in total. The first-order valence-corrected chi connectivity index (χ1v) is 8.77. The molecule has 0 bridgehead atoms. The average Bonchev–Trinajstić information content (AvgIpc) is 2.99. The summed E-state index contributed by atoms with van der Waals surface area (Å²) < 4.78 is 0. The fourth-order valence-corrected chi connectivity index (χ4v) is 3.57. The van der Waals surface area contributed by atoms with Gasteiger partial charge in [-0.3, -0.25) is 9.89 Å². The Morgan fingerprint density at radius 1 is 1.43 bits per heavy atom. The van der Waals surface area contributed by atoms with E-state index in [4.69, 9.17) is 0 Å². The molecule has 21 heavy (non-hydrogen) atoms. The molecule has 0 atom stereocenters. The molecular formula is C15H26N4OS. The van der Waals surface area contributed by atoms with Crippen LogP contribution in [0, 0.1) is 11.3 Å². The Bertz CT molecular complexity index is 439. The van der Waals surface area contributed by atoms with Crippen molar-refractivity contribution in [1.82, 2.24) is 20.5 Å². The van der Waals surface area contributed by atoms with Crippen LogP contribution < -0.4 is 5.32 Å². The van der Waals surface area contributed by atoms with Crippen molar-refractivity contribution < 1.29 is 4.79 Å². The van der Waals surface area contributed by atoms with Crippen LogP contribution in [0.3, 0.4) is 0 Å². The highest BCUT2D eigenvalue weighted by atomic mass is 32.2. The minimum atomic E-state index is 0.0922. The Labute approximate surface area is 131 Å². The SMILES string of the molecule is CCC(C)(C)C1CCC(NC(=O)CSc2ncn[nH]2)CC1. The Kier molecular flexibility index (Phi) is 5.67. The Morgan fingerprint density at radius 3 is 2.71 bits per heavy atom. The van der Waals surface area contributed by atoms with Gasteiger partial charge in [0.25, 0.3) is 0 Å². The van der Waals surface area contributed by atoms with Crippen molar-refractivity contribution in [2.75, 3.05) is 5.75 Å². The third-order valence-corrected chi connectivity index (χ3v) is 5.72. The molecule has 1 aromatic rings. The highest BCUT2D eigenvalue weighted by Gasteiger charge is 2.32. The van der Waals surface area contributed by atoms with Crippen molar-refractivity contribution in [3.63, 3.8) is 0 Å². The van der Waals surface area contributed by atoms with Gasteiger partial charge in [-0.1, -0.05) is 39.0 Å². The lowest BCUT2D eigenvalue weighted by Gasteiger charge is -2.39. The summed E-state index contributed by atoms with van der Waals surface area (Å²) in [5, 5.41) is 10.4. The first-order valence-electron chi connectivity index (χ1n) is 7.79. The van der Waals surface area contributed by atoms with Crippen LogP contribution in [-0.2, 0) is 4.79 Å². The van der Waals surface area contributed by atoms with E-state index in [0.717, 1.165) is 18.8 Å². The molecule has 2 N–H and O–H groups in total. The second kappa shape index (κ2) is 7.29. The number of carbonyl (C=O) groups excluding carboxylic acids is 1. The standard InChI is InChI=1S/C15H26N4OS/c1-4-15(2,3)11-5-7-12(8-6-11)18-13(20)9-21-14-16-10-17-19-14/h10-12H,4-9H2,1-3H3,(H,18,20)(H,16,17,19). The lowest BCUT2D eigenvalue weighted by atomic mass is 9.69. The summed E-state index contributed by atoms with van der Waals surface area (Å²) >= 11 is 1.39. The Morgan fingerprint density at radius 2 is 2.14 bits per heavy atom. The van der Waals surface area contributed by atoms with Gasteiger partial charge in [0.1, 0.15) is 6.33 Å². The fraction of sp³-hybridized carbons (Fsp3) is 0.800. The summed E-state index contributed by atoms with van der Waals surface area (Å²) in [7, 11) is 0. The first-order chi connectivity index (χ1) is 10.0. The molecule has 0 spiro atoms. The number of carbonyl (C=O) groups is 1. The van der Waals surface area contributed by atoms with E-state index in [1.807, 2.05) is 0 Å². The molecule has 1 saturated carbocycles. The average molecular weight is 310 g/mol. The van der Waals surface area contributed by atoms with Gasteiger partial charge in [-0.2, -0.15) is 5.10 Å². The van der Waals surface area contributed by atoms with E-state index in [9.17, 15) is 4.79 Å². The smallest absolute Gasteiger partial charge is 0.230 e. The van der Waals surface area contributed by atoms with E-state index in [1.54, 1.807) is 0 Å². The summed E-state index contributed by atoms with van der Waals surface area (Å²) in [4.78, 5) is 15.9. The number of hydrogen-bond acceptors (Lipinski definition) is 4. The molecular weight excluding hydrogens is 284 g/mol. The van der Waals surface area contributed by atoms with Crippen molar-refractivity contribution in [1.29, 1.82) is 0 Å². The van der Waals surface area contributed by atoms with Crippen LogP contribution in [0.1, 0.15) is 52.9 Å². The second-order valence-corrected chi connectivity index (χ2v) is 7.50.